The summed E-state index contributed by atoms with van der Waals surface area (Å²) < 4.78 is 65.4. The van der Waals surface area contributed by atoms with Crippen LogP contribution in [0.4, 0.5) is 18.9 Å². The molecule has 9 heteroatoms. The second kappa shape index (κ2) is 4.65. The summed E-state index contributed by atoms with van der Waals surface area (Å²) in [7, 11) is -4.33. The van der Waals surface area contributed by atoms with Gasteiger partial charge in [-0.1, -0.05) is 6.07 Å². The number of hydrogen-bond donors (Lipinski definition) is 0. The topological polar surface area (TPSA) is 63.7 Å². The SMILES string of the molecule is COC(=O)c1ccc2c(c1)N(S(=O)(=O)C(F)(F)F)CC2. The minimum Gasteiger partial charge on any atom is -0.465 e. The number of rotatable bonds is 2. The lowest BCUT2D eigenvalue weighted by Crippen LogP contribution is -2.39. The fourth-order valence-electron chi connectivity index (χ4n) is 1.97. The van der Waals surface area contributed by atoms with Crippen molar-refractivity contribution in [2.24, 2.45) is 0 Å². The Morgan fingerprint density at radius 2 is 2.00 bits per heavy atom. The van der Waals surface area contributed by atoms with Crippen LogP contribution in [0.1, 0.15) is 15.9 Å². The van der Waals surface area contributed by atoms with Gasteiger partial charge in [-0.3, -0.25) is 4.31 Å². The molecule has 20 heavy (non-hydrogen) atoms. The highest BCUT2D eigenvalue weighted by atomic mass is 32.2. The van der Waals surface area contributed by atoms with E-state index in [0.29, 0.717) is 5.56 Å². The Morgan fingerprint density at radius 3 is 2.55 bits per heavy atom. The van der Waals surface area contributed by atoms with Crippen molar-refractivity contribution in [3.05, 3.63) is 29.3 Å². The molecule has 0 saturated carbocycles. The number of anilines is 1. The van der Waals surface area contributed by atoms with Gasteiger partial charge in [-0.2, -0.15) is 21.6 Å². The van der Waals surface area contributed by atoms with Crippen LogP contribution in [0, 0.1) is 0 Å². The second-order valence-corrected chi connectivity index (χ2v) is 5.96. The van der Waals surface area contributed by atoms with E-state index in [2.05, 4.69) is 4.74 Å². The van der Waals surface area contributed by atoms with Crippen molar-refractivity contribution in [2.75, 3.05) is 18.0 Å². The Hall–Kier alpha value is -1.77. The number of halogens is 3. The molecule has 0 radical (unpaired) electrons. The van der Waals surface area contributed by atoms with E-state index in [1.807, 2.05) is 0 Å². The van der Waals surface area contributed by atoms with Gasteiger partial charge in [0.2, 0.25) is 0 Å². The van der Waals surface area contributed by atoms with Crippen LogP contribution in [0.25, 0.3) is 0 Å². The van der Waals surface area contributed by atoms with Crippen molar-refractivity contribution in [3.63, 3.8) is 0 Å². The summed E-state index contributed by atoms with van der Waals surface area (Å²) in [5.74, 6) is -0.746. The van der Waals surface area contributed by atoms with Gasteiger partial charge < -0.3 is 4.74 Å². The number of sulfonamides is 1. The summed E-state index contributed by atoms with van der Waals surface area (Å²) in [5.41, 5.74) is -5.08. The van der Waals surface area contributed by atoms with Gasteiger partial charge in [-0.05, 0) is 24.1 Å². The largest absolute Gasteiger partial charge is 0.516 e. The number of methoxy groups -OCH3 is 1. The monoisotopic (exact) mass is 309 g/mol. The lowest BCUT2D eigenvalue weighted by Gasteiger charge is -2.21. The van der Waals surface area contributed by atoms with E-state index in [4.69, 9.17) is 0 Å². The molecule has 0 fully saturated rings. The number of fused-ring (bicyclic) bond motifs is 1. The van der Waals surface area contributed by atoms with Crippen molar-refractivity contribution in [3.8, 4) is 0 Å². The first-order valence-corrected chi connectivity index (χ1v) is 6.92. The van der Waals surface area contributed by atoms with Gasteiger partial charge in [0.05, 0.1) is 18.4 Å². The Kier molecular flexibility index (Phi) is 3.41. The van der Waals surface area contributed by atoms with Crippen molar-refractivity contribution in [2.45, 2.75) is 11.9 Å². The molecule has 0 aromatic heterocycles. The molecule has 1 aliphatic heterocycles. The number of ether oxygens (including phenoxy) is 1. The standard InChI is InChI=1S/C11H10F3NO4S/c1-19-10(16)8-3-2-7-4-5-15(9(7)6-8)20(17,18)11(12,13)14/h2-3,6H,4-5H2,1H3. The average Bonchev–Trinajstić information content (AvgIpc) is 2.79. The minimum absolute atomic E-state index is 0.00414. The van der Waals surface area contributed by atoms with Crippen LogP contribution in [0.15, 0.2) is 18.2 Å². The molecular formula is C11H10F3NO4S. The molecule has 5 nitrogen and oxygen atoms in total. The van der Waals surface area contributed by atoms with E-state index in [1.165, 1.54) is 12.1 Å². The number of benzene rings is 1. The van der Waals surface area contributed by atoms with Gasteiger partial charge in [0.25, 0.3) is 0 Å². The first kappa shape index (κ1) is 14.6. The van der Waals surface area contributed by atoms with Gasteiger partial charge in [-0.25, -0.2) is 4.79 Å². The van der Waals surface area contributed by atoms with Crippen LogP contribution >= 0.6 is 0 Å². The van der Waals surface area contributed by atoms with Crippen LogP contribution in [0.5, 0.6) is 0 Å². The Labute approximate surface area is 113 Å². The zero-order valence-corrected chi connectivity index (χ0v) is 11.1. The van der Waals surface area contributed by atoms with E-state index in [9.17, 15) is 26.4 Å². The smallest absolute Gasteiger partial charge is 0.465 e. The maximum atomic E-state index is 12.6. The average molecular weight is 309 g/mol. The normalized spacial score (nSPS) is 15.1. The summed E-state index contributed by atoms with van der Waals surface area (Å²) >= 11 is 0. The summed E-state index contributed by atoms with van der Waals surface area (Å²) in [5, 5.41) is 0. The quantitative estimate of drug-likeness (QED) is 0.780. The number of alkyl halides is 3. The van der Waals surface area contributed by atoms with Gasteiger partial charge in [0.15, 0.2) is 0 Å². The Bertz CT molecular complexity index is 654. The number of esters is 1. The van der Waals surface area contributed by atoms with Crippen LogP contribution < -0.4 is 4.31 Å². The second-order valence-electron chi connectivity index (χ2n) is 4.11. The minimum atomic E-state index is -5.46. The molecule has 0 amide bonds. The van der Waals surface area contributed by atoms with Gasteiger partial charge in [0.1, 0.15) is 0 Å². The highest BCUT2D eigenvalue weighted by Crippen LogP contribution is 2.37. The molecule has 0 unspecified atom stereocenters. The van der Waals surface area contributed by atoms with E-state index < -0.39 is 21.5 Å². The molecule has 0 aliphatic carbocycles. The molecule has 0 saturated heterocycles. The third-order valence-electron chi connectivity index (χ3n) is 2.94. The predicted octanol–water partition coefficient (Wildman–Crippen LogP) is 1.69. The predicted molar refractivity (Wildman–Crippen MR) is 63.8 cm³/mol. The van der Waals surface area contributed by atoms with Crippen LogP contribution in [0.3, 0.4) is 0 Å². The first-order valence-electron chi connectivity index (χ1n) is 5.48. The fraction of sp³-hybridized carbons (Fsp3) is 0.364. The molecule has 0 bridgehead atoms. The highest BCUT2D eigenvalue weighted by Gasteiger charge is 2.51. The lowest BCUT2D eigenvalue weighted by molar-refractivity contribution is -0.0437. The summed E-state index contributed by atoms with van der Waals surface area (Å²) in [6, 6.07) is 3.90. The lowest BCUT2D eigenvalue weighted by atomic mass is 10.1. The van der Waals surface area contributed by atoms with E-state index in [1.54, 1.807) is 0 Å². The Balaban J connectivity index is 2.50. The summed E-state index contributed by atoms with van der Waals surface area (Å²) in [4.78, 5) is 11.4. The van der Waals surface area contributed by atoms with Crippen molar-refractivity contribution in [1.82, 2.24) is 0 Å². The molecule has 110 valence electrons. The maximum Gasteiger partial charge on any atom is 0.516 e. The highest BCUT2D eigenvalue weighted by molar-refractivity contribution is 7.93. The van der Waals surface area contributed by atoms with Gasteiger partial charge in [0, 0.05) is 6.54 Å². The van der Waals surface area contributed by atoms with Crippen molar-refractivity contribution in [1.29, 1.82) is 0 Å². The summed E-state index contributed by atoms with van der Waals surface area (Å²) in [6.07, 6.45) is 0.159. The van der Waals surface area contributed by atoms with Crippen molar-refractivity contribution >= 4 is 21.7 Å². The molecule has 0 N–H and O–H groups in total. The molecule has 0 spiro atoms. The molecule has 1 aromatic carbocycles. The third kappa shape index (κ3) is 2.21. The van der Waals surface area contributed by atoms with Gasteiger partial charge in [-0.15, -0.1) is 0 Å². The number of carbonyl (C=O) groups is 1. The zero-order chi connectivity index (χ0) is 15.1. The van der Waals surface area contributed by atoms with Crippen LogP contribution in [-0.2, 0) is 21.2 Å². The molecule has 1 aromatic rings. The zero-order valence-electron chi connectivity index (χ0n) is 10.3. The number of hydrogen-bond acceptors (Lipinski definition) is 4. The molecule has 0 atom stereocenters. The van der Waals surface area contributed by atoms with E-state index in [-0.39, 0.29) is 28.5 Å². The summed E-state index contributed by atoms with van der Waals surface area (Å²) in [6.45, 7) is -0.304. The fourth-order valence-corrected chi connectivity index (χ4v) is 2.98. The molecular weight excluding hydrogens is 299 g/mol. The van der Waals surface area contributed by atoms with Crippen LogP contribution in [-0.4, -0.2) is 33.5 Å². The van der Waals surface area contributed by atoms with Gasteiger partial charge >= 0.3 is 21.5 Å². The third-order valence-corrected chi connectivity index (χ3v) is 4.49. The maximum absolute atomic E-state index is 12.6. The Morgan fingerprint density at radius 1 is 1.35 bits per heavy atom. The first-order chi connectivity index (χ1) is 9.18. The molecule has 1 heterocycles. The molecule has 1 aliphatic rings. The number of nitrogens with zero attached hydrogens (tertiary/aromatic N) is 1. The van der Waals surface area contributed by atoms with E-state index >= 15 is 0 Å². The number of carbonyl (C=O) groups excluding carboxylic acids is 1. The molecule has 2 rings (SSSR count). The van der Waals surface area contributed by atoms with Crippen LogP contribution in [0.2, 0.25) is 0 Å². The van der Waals surface area contributed by atoms with Crippen molar-refractivity contribution < 1.29 is 31.1 Å². The van der Waals surface area contributed by atoms with E-state index in [0.717, 1.165) is 13.2 Å².